The van der Waals surface area contributed by atoms with Crippen LogP contribution in [0.25, 0.3) is 0 Å². The van der Waals surface area contributed by atoms with Gasteiger partial charge in [-0.15, -0.1) is 0 Å². The van der Waals surface area contributed by atoms with E-state index >= 15 is 0 Å². The van der Waals surface area contributed by atoms with Crippen molar-refractivity contribution in [2.45, 2.75) is 6.92 Å². The molecule has 0 aliphatic rings. The maximum Gasteiger partial charge on any atom is 0.194 e. The van der Waals surface area contributed by atoms with Crippen LogP contribution in [0.4, 0.5) is 0 Å². The van der Waals surface area contributed by atoms with E-state index in [1.807, 2.05) is 6.92 Å². The van der Waals surface area contributed by atoms with Gasteiger partial charge in [0.05, 0.1) is 10.0 Å². The predicted octanol–water partition coefficient (Wildman–Crippen LogP) is 3.93. The lowest BCUT2D eigenvalue weighted by Gasteiger charge is -2.05. The third-order valence-electron chi connectivity index (χ3n) is 2.36. The third kappa shape index (κ3) is 2.48. The summed E-state index contributed by atoms with van der Waals surface area (Å²) in [5, 5.41) is 0.664. The Kier molecular flexibility index (Phi) is 3.46. The van der Waals surface area contributed by atoms with Gasteiger partial charge in [-0.25, -0.2) is 0 Å². The second kappa shape index (κ2) is 4.86. The number of aromatic nitrogens is 1. The number of ketones is 1. The van der Waals surface area contributed by atoms with Crippen molar-refractivity contribution < 1.29 is 4.79 Å². The van der Waals surface area contributed by atoms with E-state index in [4.69, 9.17) is 23.2 Å². The Balaban J connectivity index is 2.48. The summed E-state index contributed by atoms with van der Waals surface area (Å²) in [5.41, 5.74) is 1.75. The van der Waals surface area contributed by atoms with Crippen molar-refractivity contribution in [2.24, 2.45) is 0 Å². The van der Waals surface area contributed by atoms with Gasteiger partial charge in [-0.2, -0.15) is 0 Å². The fraction of sp³-hybridized carbons (Fsp3) is 0.0769. The molecule has 0 atom stereocenters. The molecular weight excluding hydrogens is 257 g/mol. The highest BCUT2D eigenvalue weighted by atomic mass is 35.5. The standard InChI is InChI=1S/C13H9Cl2NO/c1-8-7-9(5-6-16-8)13(17)10-3-2-4-11(14)12(10)15/h2-7H,1H3. The molecule has 0 fully saturated rings. The molecule has 0 saturated heterocycles. The molecule has 0 saturated carbocycles. The normalized spacial score (nSPS) is 10.3. The number of benzene rings is 1. The Morgan fingerprint density at radius 1 is 1.24 bits per heavy atom. The molecule has 0 radical (unpaired) electrons. The molecule has 0 N–H and O–H groups in total. The van der Waals surface area contributed by atoms with Gasteiger partial charge in [-0.3, -0.25) is 9.78 Å². The highest BCUT2D eigenvalue weighted by Crippen LogP contribution is 2.27. The summed E-state index contributed by atoms with van der Waals surface area (Å²) in [6.07, 6.45) is 1.60. The second-order valence-electron chi connectivity index (χ2n) is 3.62. The monoisotopic (exact) mass is 265 g/mol. The molecule has 0 bridgehead atoms. The molecule has 1 aromatic carbocycles. The molecule has 1 heterocycles. The van der Waals surface area contributed by atoms with Gasteiger partial charge in [0.15, 0.2) is 5.78 Å². The van der Waals surface area contributed by atoms with Crippen molar-refractivity contribution >= 4 is 29.0 Å². The Hall–Kier alpha value is -1.38. The lowest BCUT2D eigenvalue weighted by molar-refractivity contribution is 0.103. The molecule has 0 amide bonds. The molecule has 0 unspecified atom stereocenters. The van der Waals surface area contributed by atoms with Crippen LogP contribution in [0.15, 0.2) is 36.5 Å². The van der Waals surface area contributed by atoms with E-state index in [0.717, 1.165) is 5.69 Å². The third-order valence-corrected chi connectivity index (χ3v) is 3.17. The number of halogens is 2. The summed E-state index contributed by atoms with van der Waals surface area (Å²) in [7, 11) is 0. The van der Waals surface area contributed by atoms with Crippen LogP contribution in [0, 0.1) is 6.92 Å². The molecule has 2 rings (SSSR count). The van der Waals surface area contributed by atoms with Crippen LogP contribution in [0.5, 0.6) is 0 Å². The minimum absolute atomic E-state index is 0.150. The van der Waals surface area contributed by atoms with Gasteiger partial charge in [0.1, 0.15) is 0 Å². The highest BCUT2D eigenvalue weighted by Gasteiger charge is 2.14. The minimum atomic E-state index is -0.150. The molecule has 2 nitrogen and oxygen atoms in total. The van der Waals surface area contributed by atoms with Crippen LogP contribution in [0.3, 0.4) is 0 Å². The topological polar surface area (TPSA) is 30.0 Å². The highest BCUT2D eigenvalue weighted by molar-refractivity contribution is 6.44. The number of hydrogen-bond donors (Lipinski definition) is 0. The summed E-state index contributed by atoms with van der Waals surface area (Å²) in [4.78, 5) is 16.2. The van der Waals surface area contributed by atoms with Crippen molar-refractivity contribution in [3.8, 4) is 0 Å². The molecule has 0 aliphatic heterocycles. The van der Waals surface area contributed by atoms with E-state index in [0.29, 0.717) is 16.1 Å². The Bertz CT molecular complexity index is 581. The smallest absolute Gasteiger partial charge is 0.194 e. The first kappa shape index (κ1) is 12.1. The number of nitrogens with zero attached hydrogens (tertiary/aromatic N) is 1. The zero-order valence-corrected chi connectivity index (χ0v) is 10.6. The van der Waals surface area contributed by atoms with E-state index in [-0.39, 0.29) is 10.8 Å². The van der Waals surface area contributed by atoms with E-state index in [1.54, 1.807) is 36.5 Å². The Morgan fingerprint density at radius 2 is 2.00 bits per heavy atom. The summed E-state index contributed by atoms with van der Waals surface area (Å²) in [6, 6.07) is 8.40. The average Bonchev–Trinajstić information content (AvgIpc) is 2.32. The van der Waals surface area contributed by atoms with E-state index in [2.05, 4.69) is 4.98 Å². The van der Waals surface area contributed by atoms with Crippen LogP contribution in [-0.2, 0) is 0 Å². The van der Waals surface area contributed by atoms with Crippen molar-refractivity contribution in [2.75, 3.05) is 0 Å². The van der Waals surface area contributed by atoms with Gasteiger partial charge in [0.2, 0.25) is 0 Å². The van der Waals surface area contributed by atoms with Crippen LogP contribution in [-0.4, -0.2) is 10.8 Å². The van der Waals surface area contributed by atoms with Gasteiger partial charge >= 0.3 is 0 Å². The first-order chi connectivity index (χ1) is 8.09. The average molecular weight is 266 g/mol. The first-order valence-electron chi connectivity index (χ1n) is 5.01. The molecule has 86 valence electrons. The molecule has 2 aromatic rings. The second-order valence-corrected chi connectivity index (χ2v) is 4.40. The van der Waals surface area contributed by atoms with Crippen LogP contribution < -0.4 is 0 Å². The van der Waals surface area contributed by atoms with Crippen LogP contribution in [0.2, 0.25) is 10.0 Å². The number of carbonyl (C=O) groups is 1. The molecule has 0 aliphatic carbocycles. The number of pyridine rings is 1. The van der Waals surface area contributed by atoms with Gasteiger partial charge in [-0.05, 0) is 31.2 Å². The fourth-order valence-corrected chi connectivity index (χ4v) is 1.91. The maximum atomic E-state index is 12.2. The van der Waals surface area contributed by atoms with Gasteiger partial charge in [-0.1, -0.05) is 29.3 Å². The molecular formula is C13H9Cl2NO. The Morgan fingerprint density at radius 3 is 2.71 bits per heavy atom. The lowest BCUT2D eigenvalue weighted by atomic mass is 10.0. The maximum absolute atomic E-state index is 12.2. The Labute approximate surface area is 109 Å². The molecule has 4 heteroatoms. The summed E-state index contributed by atoms with van der Waals surface area (Å²) in [5.74, 6) is -0.150. The van der Waals surface area contributed by atoms with Gasteiger partial charge in [0, 0.05) is 23.0 Å². The van der Waals surface area contributed by atoms with Crippen LogP contribution >= 0.6 is 23.2 Å². The van der Waals surface area contributed by atoms with E-state index < -0.39 is 0 Å². The quantitative estimate of drug-likeness (QED) is 0.771. The van der Waals surface area contributed by atoms with E-state index in [1.165, 1.54) is 0 Å². The summed E-state index contributed by atoms with van der Waals surface area (Å²) in [6.45, 7) is 1.83. The summed E-state index contributed by atoms with van der Waals surface area (Å²) >= 11 is 11.9. The SMILES string of the molecule is Cc1cc(C(=O)c2cccc(Cl)c2Cl)ccn1. The van der Waals surface area contributed by atoms with Gasteiger partial charge < -0.3 is 0 Å². The molecule has 17 heavy (non-hydrogen) atoms. The first-order valence-corrected chi connectivity index (χ1v) is 5.76. The number of carbonyl (C=O) groups excluding carboxylic acids is 1. The van der Waals surface area contributed by atoms with Crippen molar-refractivity contribution in [1.82, 2.24) is 4.98 Å². The summed E-state index contributed by atoms with van der Waals surface area (Å²) < 4.78 is 0. The predicted molar refractivity (Wildman–Crippen MR) is 68.9 cm³/mol. The lowest BCUT2D eigenvalue weighted by Crippen LogP contribution is -2.03. The minimum Gasteiger partial charge on any atom is -0.289 e. The van der Waals surface area contributed by atoms with E-state index in [9.17, 15) is 4.79 Å². The number of hydrogen-bond acceptors (Lipinski definition) is 2. The largest absolute Gasteiger partial charge is 0.289 e. The zero-order valence-electron chi connectivity index (χ0n) is 9.08. The van der Waals surface area contributed by atoms with Crippen molar-refractivity contribution in [3.63, 3.8) is 0 Å². The van der Waals surface area contributed by atoms with Gasteiger partial charge in [0.25, 0.3) is 0 Å². The molecule has 1 aromatic heterocycles. The van der Waals surface area contributed by atoms with Crippen molar-refractivity contribution in [3.05, 3.63) is 63.4 Å². The fourth-order valence-electron chi connectivity index (χ4n) is 1.52. The zero-order chi connectivity index (χ0) is 12.4. The van der Waals surface area contributed by atoms with Crippen LogP contribution in [0.1, 0.15) is 21.6 Å². The number of aryl methyl sites for hydroxylation is 1. The van der Waals surface area contributed by atoms with Crippen molar-refractivity contribution in [1.29, 1.82) is 0 Å². The number of rotatable bonds is 2. The molecule has 0 spiro atoms.